The van der Waals surface area contributed by atoms with Gasteiger partial charge in [-0.05, 0) is 62.6 Å². The fourth-order valence-electron chi connectivity index (χ4n) is 5.05. The van der Waals surface area contributed by atoms with Crippen molar-refractivity contribution >= 4 is 11.7 Å². The molecule has 4 rings (SSSR count). The molecule has 0 N–H and O–H groups in total. The number of piperazine rings is 1. The van der Waals surface area contributed by atoms with Gasteiger partial charge in [-0.25, -0.2) is 4.68 Å². The lowest BCUT2D eigenvalue weighted by Gasteiger charge is -2.35. The third-order valence-electron chi connectivity index (χ3n) is 7.20. The van der Waals surface area contributed by atoms with E-state index in [1.165, 1.54) is 18.4 Å². The van der Waals surface area contributed by atoms with Gasteiger partial charge in [-0.2, -0.15) is 5.10 Å². The minimum atomic E-state index is 0.0898. The van der Waals surface area contributed by atoms with Gasteiger partial charge >= 0.3 is 0 Å². The molecular weight excluding hydrogens is 458 g/mol. The lowest BCUT2D eigenvalue weighted by molar-refractivity contribution is 0.0722. The van der Waals surface area contributed by atoms with Crippen LogP contribution in [0.1, 0.15) is 60.8 Å². The van der Waals surface area contributed by atoms with E-state index in [0.717, 1.165) is 60.9 Å². The Morgan fingerprint density at radius 3 is 2.30 bits per heavy atom. The Labute approximate surface area is 222 Å². The molecule has 0 radical (unpaired) electrons. The maximum atomic E-state index is 13.8. The molecule has 37 heavy (non-hydrogen) atoms. The molecule has 1 fully saturated rings. The first-order chi connectivity index (χ1) is 17.9. The van der Waals surface area contributed by atoms with Gasteiger partial charge in [0, 0.05) is 43.9 Å². The summed E-state index contributed by atoms with van der Waals surface area (Å²) < 4.78 is 2.08. The van der Waals surface area contributed by atoms with Crippen LogP contribution in [-0.4, -0.2) is 65.3 Å². The summed E-state index contributed by atoms with van der Waals surface area (Å²) in [6.07, 6.45) is 3.41. The zero-order chi connectivity index (χ0) is 26.4. The highest BCUT2D eigenvalue weighted by atomic mass is 16.2. The number of carbonyl (C=O) groups is 1. The van der Waals surface area contributed by atoms with Gasteiger partial charge in [0.05, 0.1) is 17.9 Å². The molecule has 1 saturated heterocycles. The van der Waals surface area contributed by atoms with Gasteiger partial charge in [0.2, 0.25) is 0 Å². The number of anilines is 1. The quantitative estimate of drug-likeness (QED) is 0.364. The molecule has 198 valence electrons. The van der Waals surface area contributed by atoms with Crippen molar-refractivity contribution in [1.82, 2.24) is 19.6 Å². The van der Waals surface area contributed by atoms with Gasteiger partial charge in [-0.15, -0.1) is 0 Å². The highest BCUT2D eigenvalue weighted by Gasteiger charge is 2.27. The second-order valence-electron chi connectivity index (χ2n) is 10.8. The zero-order valence-corrected chi connectivity index (χ0v) is 23.3. The largest absolute Gasteiger partial charge is 0.354 e. The Bertz CT molecular complexity index is 1140. The Morgan fingerprint density at radius 2 is 1.68 bits per heavy atom. The SMILES string of the molecule is CCCCc1ccc(C(=O)N(Cc2c(C)nn(-c3ccccc3)c2N2CCN(C)CC2)CC(C)C)cc1. The van der Waals surface area contributed by atoms with E-state index in [0.29, 0.717) is 19.0 Å². The number of hydrogen-bond donors (Lipinski definition) is 0. The third-order valence-corrected chi connectivity index (χ3v) is 7.20. The van der Waals surface area contributed by atoms with Crippen LogP contribution in [0.25, 0.3) is 5.69 Å². The van der Waals surface area contributed by atoms with Crippen molar-refractivity contribution in [2.24, 2.45) is 5.92 Å². The second kappa shape index (κ2) is 12.4. The smallest absolute Gasteiger partial charge is 0.254 e. The van der Waals surface area contributed by atoms with E-state index in [1.54, 1.807) is 0 Å². The summed E-state index contributed by atoms with van der Waals surface area (Å²) in [6, 6.07) is 18.6. The normalized spacial score (nSPS) is 14.4. The van der Waals surface area contributed by atoms with E-state index in [9.17, 15) is 4.79 Å². The third kappa shape index (κ3) is 6.61. The molecule has 0 saturated carbocycles. The Kier molecular flexibility index (Phi) is 9.04. The summed E-state index contributed by atoms with van der Waals surface area (Å²) in [6.45, 7) is 13.8. The number of hydrogen-bond acceptors (Lipinski definition) is 4. The Balaban J connectivity index is 1.68. The van der Waals surface area contributed by atoms with E-state index in [4.69, 9.17) is 5.10 Å². The van der Waals surface area contributed by atoms with Crippen molar-refractivity contribution in [3.63, 3.8) is 0 Å². The molecule has 0 unspecified atom stereocenters. The second-order valence-corrected chi connectivity index (χ2v) is 10.8. The van der Waals surface area contributed by atoms with Crippen molar-refractivity contribution in [3.8, 4) is 5.69 Å². The van der Waals surface area contributed by atoms with Gasteiger partial charge in [0.1, 0.15) is 5.82 Å². The van der Waals surface area contributed by atoms with Crippen LogP contribution in [0.3, 0.4) is 0 Å². The number of carbonyl (C=O) groups excluding carboxylic acids is 1. The molecule has 1 aliphatic rings. The molecule has 0 bridgehead atoms. The summed E-state index contributed by atoms with van der Waals surface area (Å²) >= 11 is 0. The molecule has 0 atom stereocenters. The number of likely N-dealkylation sites (N-methyl/N-ethyl adjacent to an activating group) is 1. The Hall–Kier alpha value is -3.12. The molecule has 1 aromatic heterocycles. The molecule has 1 amide bonds. The van der Waals surface area contributed by atoms with Crippen molar-refractivity contribution in [1.29, 1.82) is 0 Å². The fourth-order valence-corrected chi connectivity index (χ4v) is 5.05. The molecule has 2 aromatic carbocycles. The number of nitrogens with zero attached hydrogens (tertiary/aromatic N) is 5. The number of unbranched alkanes of at least 4 members (excludes halogenated alkanes) is 1. The van der Waals surface area contributed by atoms with Crippen LogP contribution >= 0.6 is 0 Å². The summed E-state index contributed by atoms with van der Waals surface area (Å²) in [4.78, 5) is 20.6. The number of rotatable bonds is 10. The van der Waals surface area contributed by atoms with Crippen LogP contribution in [0.4, 0.5) is 5.82 Å². The Morgan fingerprint density at radius 1 is 1.00 bits per heavy atom. The standard InChI is InChI=1S/C31H43N5O/c1-6-7-11-26-14-16-27(17-15-26)31(37)35(22-24(2)3)23-29-25(4)32-36(28-12-9-8-10-13-28)30(29)34-20-18-33(5)19-21-34/h8-10,12-17,24H,6-7,11,18-23H2,1-5H3. The lowest BCUT2D eigenvalue weighted by Crippen LogP contribution is -2.45. The lowest BCUT2D eigenvalue weighted by atomic mass is 10.0. The molecular formula is C31H43N5O. The number of aryl methyl sites for hydroxylation is 2. The van der Waals surface area contributed by atoms with Crippen LogP contribution in [0.2, 0.25) is 0 Å². The number of amides is 1. The average Bonchev–Trinajstić information content (AvgIpc) is 3.23. The topological polar surface area (TPSA) is 44.6 Å². The van der Waals surface area contributed by atoms with Crippen molar-refractivity contribution in [2.75, 3.05) is 44.7 Å². The molecule has 3 aromatic rings. The van der Waals surface area contributed by atoms with Crippen LogP contribution in [-0.2, 0) is 13.0 Å². The minimum absolute atomic E-state index is 0.0898. The number of benzene rings is 2. The zero-order valence-electron chi connectivity index (χ0n) is 23.3. The number of aromatic nitrogens is 2. The maximum absolute atomic E-state index is 13.8. The van der Waals surface area contributed by atoms with E-state index >= 15 is 0 Å². The molecule has 6 nitrogen and oxygen atoms in total. The molecule has 0 aliphatic carbocycles. The van der Waals surface area contributed by atoms with Gasteiger partial charge in [-0.3, -0.25) is 4.79 Å². The van der Waals surface area contributed by atoms with E-state index in [2.05, 4.69) is 85.6 Å². The molecule has 1 aliphatic heterocycles. The van der Waals surface area contributed by atoms with Crippen molar-refractivity contribution < 1.29 is 4.79 Å². The first-order valence-corrected chi connectivity index (χ1v) is 13.8. The van der Waals surface area contributed by atoms with Gasteiger partial charge in [-0.1, -0.05) is 57.5 Å². The van der Waals surface area contributed by atoms with Gasteiger partial charge in [0.25, 0.3) is 5.91 Å². The summed E-state index contributed by atoms with van der Waals surface area (Å²) in [5.41, 5.74) is 5.23. The summed E-state index contributed by atoms with van der Waals surface area (Å²) in [5.74, 6) is 1.57. The van der Waals surface area contributed by atoms with Crippen LogP contribution in [0.5, 0.6) is 0 Å². The molecule has 2 heterocycles. The molecule has 6 heteroatoms. The average molecular weight is 502 g/mol. The highest BCUT2D eigenvalue weighted by molar-refractivity contribution is 5.94. The fraction of sp³-hybridized carbons (Fsp3) is 0.484. The van der Waals surface area contributed by atoms with Crippen molar-refractivity contribution in [2.45, 2.75) is 53.5 Å². The predicted octanol–water partition coefficient (Wildman–Crippen LogP) is 5.57. The van der Waals surface area contributed by atoms with Crippen LogP contribution in [0, 0.1) is 12.8 Å². The number of para-hydroxylation sites is 1. The van der Waals surface area contributed by atoms with Gasteiger partial charge in [0.15, 0.2) is 0 Å². The summed E-state index contributed by atoms with van der Waals surface area (Å²) in [5, 5.41) is 5.00. The van der Waals surface area contributed by atoms with Crippen LogP contribution in [0.15, 0.2) is 54.6 Å². The van der Waals surface area contributed by atoms with Gasteiger partial charge < -0.3 is 14.7 Å². The van der Waals surface area contributed by atoms with E-state index in [1.807, 2.05) is 23.1 Å². The van der Waals surface area contributed by atoms with Crippen LogP contribution < -0.4 is 4.90 Å². The monoisotopic (exact) mass is 501 g/mol. The first-order valence-electron chi connectivity index (χ1n) is 13.8. The predicted molar refractivity (Wildman–Crippen MR) is 153 cm³/mol. The molecule has 0 spiro atoms. The first kappa shape index (κ1) is 26.9. The van der Waals surface area contributed by atoms with E-state index < -0.39 is 0 Å². The summed E-state index contributed by atoms with van der Waals surface area (Å²) in [7, 11) is 2.18. The highest BCUT2D eigenvalue weighted by Crippen LogP contribution is 2.30. The van der Waals surface area contributed by atoms with E-state index in [-0.39, 0.29) is 5.91 Å². The maximum Gasteiger partial charge on any atom is 0.254 e. The minimum Gasteiger partial charge on any atom is -0.354 e. The van der Waals surface area contributed by atoms with Crippen molar-refractivity contribution in [3.05, 3.63) is 77.0 Å².